The summed E-state index contributed by atoms with van der Waals surface area (Å²) in [5.41, 5.74) is 2.09. The van der Waals surface area contributed by atoms with E-state index in [4.69, 9.17) is 0 Å². The van der Waals surface area contributed by atoms with Gasteiger partial charge in [-0.2, -0.15) is 0 Å². The quantitative estimate of drug-likeness (QED) is 0.792. The maximum Gasteiger partial charge on any atom is 0.117 e. The van der Waals surface area contributed by atoms with Gasteiger partial charge in [-0.1, -0.05) is 18.2 Å². The zero-order valence-corrected chi connectivity index (χ0v) is 9.79. The molecule has 16 heavy (non-hydrogen) atoms. The summed E-state index contributed by atoms with van der Waals surface area (Å²) in [5.74, 6) is 0. The highest BCUT2D eigenvalue weighted by atomic mass is 32.2. The first-order valence-corrected chi connectivity index (χ1v) is 5.82. The molecule has 1 aromatic carbocycles. The molecule has 0 amide bonds. The van der Waals surface area contributed by atoms with Crippen molar-refractivity contribution in [3.63, 3.8) is 0 Å². The summed E-state index contributed by atoms with van der Waals surface area (Å²) in [6.07, 6.45) is 1.81. The molecule has 0 fully saturated rings. The Morgan fingerprint density at radius 3 is 2.44 bits per heavy atom. The molecule has 2 N–H and O–H groups in total. The number of hydrogen-bond acceptors (Lipinski definition) is 4. The molecule has 0 aliphatic rings. The van der Waals surface area contributed by atoms with Gasteiger partial charge in [-0.25, -0.2) is 4.98 Å². The van der Waals surface area contributed by atoms with Gasteiger partial charge in [0.2, 0.25) is 0 Å². The highest BCUT2D eigenvalue weighted by molar-refractivity contribution is 8.00. The standard InChI is InChI=1S/C12H13N3S/c1-13-11-7-8-12(14-9-11)16-15-10-5-3-2-4-6-10/h2-9,13,15H,1H3. The number of pyridine rings is 1. The van der Waals surface area contributed by atoms with Crippen LogP contribution >= 0.6 is 11.9 Å². The molecule has 0 radical (unpaired) electrons. The van der Waals surface area contributed by atoms with Crippen LogP contribution in [0.3, 0.4) is 0 Å². The van der Waals surface area contributed by atoms with Gasteiger partial charge in [-0.3, -0.25) is 0 Å². The van der Waals surface area contributed by atoms with Gasteiger partial charge in [0.15, 0.2) is 0 Å². The van der Waals surface area contributed by atoms with Crippen LogP contribution in [-0.2, 0) is 0 Å². The first-order valence-electron chi connectivity index (χ1n) is 5.00. The van der Waals surface area contributed by atoms with Gasteiger partial charge in [0.05, 0.1) is 11.9 Å². The van der Waals surface area contributed by atoms with E-state index in [-0.39, 0.29) is 0 Å². The van der Waals surface area contributed by atoms with E-state index >= 15 is 0 Å². The van der Waals surface area contributed by atoms with Crippen molar-refractivity contribution in [1.29, 1.82) is 0 Å². The van der Waals surface area contributed by atoms with E-state index < -0.39 is 0 Å². The lowest BCUT2D eigenvalue weighted by Gasteiger charge is -2.05. The molecule has 0 saturated heterocycles. The molecule has 2 rings (SSSR count). The van der Waals surface area contributed by atoms with Crippen molar-refractivity contribution in [3.05, 3.63) is 48.7 Å². The van der Waals surface area contributed by atoms with Crippen LogP contribution in [-0.4, -0.2) is 12.0 Å². The average molecular weight is 231 g/mol. The SMILES string of the molecule is CNc1ccc(SNc2ccccc2)nc1. The zero-order valence-electron chi connectivity index (χ0n) is 8.97. The van der Waals surface area contributed by atoms with E-state index in [1.807, 2.05) is 55.7 Å². The second-order valence-electron chi connectivity index (χ2n) is 3.21. The summed E-state index contributed by atoms with van der Waals surface area (Å²) >= 11 is 1.50. The fraction of sp³-hybridized carbons (Fsp3) is 0.0833. The van der Waals surface area contributed by atoms with Gasteiger partial charge < -0.3 is 10.0 Å². The molecule has 0 spiro atoms. The Labute approximate surface area is 99.4 Å². The van der Waals surface area contributed by atoms with Crippen LogP contribution in [0.4, 0.5) is 11.4 Å². The molecule has 1 aromatic heterocycles. The summed E-state index contributed by atoms with van der Waals surface area (Å²) in [6, 6.07) is 14.0. The number of nitrogens with zero attached hydrogens (tertiary/aromatic N) is 1. The lowest BCUT2D eigenvalue weighted by molar-refractivity contribution is 1.14. The lowest BCUT2D eigenvalue weighted by Crippen LogP contribution is -1.91. The van der Waals surface area contributed by atoms with E-state index in [2.05, 4.69) is 15.0 Å². The van der Waals surface area contributed by atoms with Gasteiger partial charge >= 0.3 is 0 Å². The van der Waals surface area contributed by atoms with Gasteiger partial charge in [0, 0.05) is 24.7 Å². The highest BCUT2D eigenvalue weighted by Crippen LogP contribution is 2.19. The number of benzene rings is 1. The summed E-state index contributed by atoms with van der Waals surface area (Å²) in [5, 5.41) is 3.98. The molecular weight excluding hydrogens is 218 g/mol. The van der Waals surface area contributed by atoms with Crippen molar-refractivity contribution >= 4 is 23.3 Å². The number of anilines is 2. The molecule has 82 valence electrons. The van der Waals surface area contributed by atoms with Gasteiger partial charge in [-0.15, -0.1) is 0 Å². The molecule has 0 aliphatic carbocycles. The van der Waals surface area contributed by atoms with Crippen molar-refractivity contribution < 1.29 is 0 Å². The van der Waals surface area contributed by atoms with E-state index in [0.29, 0.717) is 0 Å². The van der Waals surface area contributed by atoms with E-state index in [9.17, 15) is 0 Å². The Hall–Kier alpha value is -1.68. The summed E-state index contributed by atoms with van der Waals surface area (Å²) in [4.78, 5) is 4.30. The Morgan fingerprint density at radius 1 is 1.00 bits per heavy atom. The third-order valence-corrected chi connectivity index (χ3v) is 2.86. The second-order valence-corrected chi connectivity index (χ2v) is 4.03. The maximum absolute atomic E-state index is 4.30. The second kappa shape index (κ2) is 5.42. The summed E-state index contributed by atoms with van der Waals surface area (Å²) < 4.78 is 3.23. The summed E-state index contributed by atoms with van der Waals surface area (Å²) in [7, 11) is 1.88. The minimum Gasteiger partial charge on any atom is -0.387 e. The normalized spacial score (nSPS) is 9.81. The molecule has 0 atom stereocenters. The third kappa shape index (κ3) is 2.90. The molecule has 0 aliphatic heterocycles. The van der Waals surface area contributed by atoms with Crippen LogP contribution in [0.5, 0.6) is 0 Å². The minimum atomic E-state index is 0.947. The molecule has 0 saturated carbocycles. The van der Waals surface area contributed by atoms with Gasteiger partial charge in [0.1, 0.15) is 5.03 Å². The molecule has 1 heterocycles. The average Bonchev–Trinajstić information content (AvgIpc) is 2.38. The van der Waals surface area contributed by atoms with Crippen molar-refractivity contribution in [1.82, 2.24) is 4.98 Å². The minimum absolute atomic E-state index is 0.947. The topological polar surface area (TPSA) is 37.0 Å². The Morgan fingerprint density at radius 2 is 1.81 bits per heavy atom. The molecule has 0 bridgehead atoms. The van der Waals surface area contributed by atoms with Crippen molar-refractivity contribution in [2.75, 3.05) is 17.1 Å². The lowest BCUT2D eigenvalue weighted by atomic mass is 10.3. The van der Waals surface area contributed by atoms with Crippen LogP contribution in [0.1, 0.15) is 0 Å². The number of nitrogens with one attached hydrogen (secondary N) is 2. The Balaban J connectivity index is 1.94. The van der Waals surface area contributed by atoms with Crippen LogP contribution in [0.15, 0.2) is 53.7 Å². The predicted octanol–water partition coefficient (Wildman–Crippen LogP) is 3.24. The zero-order chi connectivity index (χ0) is 11.2. The third-order valence-electron chi connectivity index (χ3n) is 2.07. The first-order chi connectivity index (χ1) is 7.88. The van der Waals surface area contributed by atoms with E-state index in [0.717, 1.165) is 16.4 Å². The fourth-order valence-electron chi connectivity index (χ4n) is 1.21. The van der Waals surface area contributed by atoms with Crippen LogP contribution in [0.25, 0.3) is 0 Å². The number of rotatable bonds is 4. The molecular formula is C12H13N3S. The monoisotopic (exact) mass is 231 g/mol. The Bertz CT molecular complexity index is 428. The van der Waals surface area contributed by atoms with Crippen LogP contribution in [0.2, 0.25) is 0 Å². The largest absolute Gasteiger partial charge is 0.387 e. The van der Waals surface area contributed by atoms with Gasteiger partial charge in [-0.05, 0) is 24.3 Å². The van der Waals surface area contributed by atoms with Crippen molar-refractivity contribution in [3.8, 4) is 0 Å². The molecule has 3 nitrogen and oxygen atoms in total. The van der Waals surface area contributed by atoms with E-state index in [1.54, 1.807) is 0 Å². The van der Waals surface area contributed by atoms with Gasteiger partial charge in [0.25, 0.3) is 0 Å². The number of para-hydroxylation sites is 1. The van der Waals surface area contributed by atoms with Crippen LogP contribution < -0.4 is 10.0 Å². The smallest absolute Gasteiger partial charge is 0.117 e. The fourth-order valence-corrected chi connectivity index (χ4v) is 1.81. The molecule has 2 aromatic rings. The Kier molecular flexibility index (Phi) is 3.66. The van der Waals surface area contributed by atoms with Crippen molar-refractivity contribution in [2.45, 2.75) is 5.03 Å². The first kappa shape index (κ1) is 10.8. The maximum atomic E-state index is 4.30. The highest BCUT2D eigenvalue weighted by Gasteiger charge is 1.96. The number of hydrogen-bond donors (Lipinski definition) is 2. The van der Waals surface area contributed by atoms with E-state index in [1.165, 1.54) is 11.9 Å². The number of aromatic nitrogens is 1. The summed E-state index contributed by atoms with van der Waals surface area (Å²) in [6.45, 7) is 0. The van der Waals surface area contributed by atoms with Crippen molar-refractivity contribution in [2.24, 2.45) is 0 Å². The predicted molar refractivity (Wildman–Crippen MR) is 69.7 cm³/mol. The molecule has 0 unspecified atom stereocenters. The van der Waals surface area contributed by atoms with Crippen LogP contribution in [0, 0.1) is 0 Å². The molecule has 4 heteroatoms.